The molecule has 9 heteroatoms. The third-order valence-corrected chi connectivity index (χ3v) is 4.10. The van der Waals surface area contributed by atoms with Crippen LogP contribution in [0.25, 0.3) is 0 Å². The highest BCUT2D eigenvalue weighted by molar-refractivity contribution is 5.97. The average molecular weight is 358 g/mol. The first-order chi connectivity index (χ1) is 11.4. The normalized spacial score (nSPS) is 20.4. The van der Waals surface area contributed by atoms with Gasteiger partial charge in [-0.3, -0.25) is 14.4 Å². The van der Waals surface area contributed by atoms with Gasteiger partial charge < -0.3 is 15.3 Å². The van der Waals surface area contributed by atoms with E-state index in [1.807, 2.05) is 0 Å². The van der Waals surface area contributed by atoms with Gasteiger partial charge in [0.05, 0.1) is 11.0 Å². The van der Waals surface area contributed by atoms with Gasteiger partial charge in [0.25, 0.3) is 5.91 Å². The maximum absolute atomic E-state index is 13.0. The van der Waals surface area contributed by atoms with Crippen molar-refractivity contribution >= 4 is 23.5 Å². The Morgan fingerprint density at radius 2 is 1.88 bits per heavy atom. The lowest BCUT2D eigenvalue weighted by Crippen LogP contribution is -2.35. The molecule has 136 valence electrons. The summed E-state index contributed by atoms with van der Waals surface area (Å²) < 4.78 is 39.1. The third-order valence-electron chi connectivity index (χ3n) is 4.10. The van der Waals surface area contributed by atoms with Gasteiger partial charge in [-0.05, 0) is 31.5 Å². The molecule has 0 aromatic heterocycles. The Morgan fingerprint density at radius 1 is 1.24 bits per heavy atom. The maximum Gasteiger partial charge on any atom is 0.416 e. The minimum atomic E-state index is -4.69. The van der Waals surface area contributed by atoms with Crippen LogP contribution in [0.5, 0.6) is 0 Å². The van der Waals surface area contributed by atoms with Crippen LogP contribution in [0.3, 0.4) is 0 Å². The highest BCUT2D eigenvalue weighted by Gasteiger charge is 2.42. The molecule has 0 bridgehead atoms. The van der Waals surface area contributed by atoms with E-state index in [1.54, 1.807) is 0 Å². The molecule has 1 aliphatic rings. The van der Waals surface area contributed by atoms with Gasteiger partial charge in [0, 0.05) is 31.3 Å². The van der Waals surface area contributed by atoms with Gasteiger partial charge in [-0.25, -0.2) is 0 Å². The summed E-state index contributed by atoms with van der Waals surface area (Å²) in [5, 5.41) is 11.4. The van der Waals surface area contributed by atoms with Gasteiger partial charge in [0.1, 0.15) is 0 Å². The van der Waals surface area contributed by atoms with Crippen molar-refractivity contribution in [3.63, 3.8) is 0 Å². The van der Waals surface area contributed by atoms with Crippen molar-refractivity contribution in [3.8, 4) is 0 Å². The molecule has 1 aromatic carbocycles. The van der Waals surface area contributed by atoms with Crippen LogP contribution in [-0.4, -0.2) is 40.9 Å². The SMILES string of the molecule is CC(=O)Nc1cc(C(=O)N2CCC(C)(C(=O)O)C2)cc(C(F)(F)F)c1. The van der Waals surface area contributed by atoms with Crippen molar-refractivity contribution < 1.29 is 32.7 Å². The molecule has 1 aromatic rings. The number of carbonyl (C=O) groups excluding carboxylic acids is 2. The molecule has 1 aliphatic heterocycles. The summed E-state index contributed by atoms with van der Waals surface area (Å²) in [6.45, 7) is 2.66. The van der Waals surface area contributed by atoms with Crippen molar-refractivity contribution in [3.05, 3.63) is 29.3 Å². The lowest BCUT2D eigenvalue weighted by Gasteiger charge is -2.21. The smallest absolute Gasteiger partial charge is 0.416 e. The summed E-state index contributed by atoms with van der Waals surface area (Å²) in [6, 6.07) is 2.59. The molecular weight excluding hydrogens is 341 g/mol. The number of benzene rings is 1. The highest BCUT2D eigenvalue weighted by atomic mass is 19.4. The molecule has 2 rings (SSSR count). The third kappa shape index (κ3) is 4.09. The highest BCUT2D eigenvalue weighted by Crippen LogP contribution is 2.34. The van der Waals surface area contributed by atoms with Crippen LogP contribution < -0.4 is 5.32 Å². The summed E-state index contributed by atoms with van der Waals surface area (Å²) in [5.74, 6) is -2.34. The van der Waals surface area contributed by atoms with E-state index < -0.39 is 34.9 Å². The molecule has 6 nitrogen and oxygen atoms in total. The minimum absolute atomic E-state index is 0.0904. The van der Waals surface area contributed by atoms with Crippen LogP contribution in [0.2, 0.25) is 0 Å². The van der Waals surface area contributed by atoms with Crippen LogP contribution in [0, 0.1) is 5.41 Å². The largest absolute Gasteiger partial charge is 0.481 e. The first-order valence-corrected chi connectivity index (χ1v) is 7.45. The number of carboxylic acid groups (broad SMARTS) is 1. The number of alkyl halides is 3. The predicted molar refractivity (Wildman–Crippen MR) is 82.0 cm³/mol. The fourth-order valence-corrected chi connectivity index (χ4v) is 2.68. The van der Waals surface area contributed by atoms with E-state index in [9.17, 15) is 32.7 Å². The fourth-order valence-electron chi connectivity index (χ4n) is 2.68. The first kappa shape index (κ1) is 18.8. The summed E-state index contributed by atoms with van der Waals surface area (Å²) in [4.78, 5) is 36.1. The van der Waals surface area contributed by atoms with Crippen LogP contribution in [0.15, 0.2) is 18.2 Å². The molecule has 1 saturated heterocycles. The molecule has 0 radical (unpaired) electrons. The lowest BCUT2D eigenvalue weighted by molar-refractivity contribution is -0.147. The van der Waals surface area contributed by atoms with Gasteiger partial charge in [0.15, 0.2) is 0 Å². The van der Waals surface area contributed by atoms with Gasteiger partial charge in [-0.1, -0.05) is 0 Å². The zero-order valence-corrected chi connectivity index (χ0v) is 13.6. The quantitative estimate of drug-likeness (QED) is 0.870. The number of amides is 2. The molecule has 2 amide bonds. The molecule has 1 unspecified atom stereocenters. The number of hydrogen-bond acceptors (Lipinski definition) is 3. The van der Waals surface area contributed by atoms with Crippen molar-refractivity contribution in [2.75, 3.05) is 18.4 Å². The van der Waals surface area contributed by atoms with Crippen molar-refractivity contribution in [2.24, 2.45) is 5.41 Å². The minimum Gasteiger partial charge on any atom is -0.481 e. The molecule has 0 saturated carbocycles. The number of carbonyl (C=O) groups is 3. The number of aliphatic carboxylic acids is 1. The van der Waals surface area contributed by atoms with Crippen LogP contribution in [0.4, 0.5) is 18.9 Å². The fraction of sp³-hybridized carbons (Fsp3) is 0.438. The topological polar surface area (TPSA) is 86.7 Å². The number of likely N-dealkylation sites (tertiary alicyclic amines) is 1. The zero-order chi connectivity index (χ0) is 19.0. The molecule has 1 heterocycles. The predicted octanol–water partition coefficient (Wildman–Crippen LogP) is 2.60. The molecule has 1 atom stereocenters. The summed E-state index contributed by atoms with van der Waals surface area (Å²) in [5.41, 5.74) is -2.60. The van der Waals surface area contributed by atoms with Crippen molar-refractivity contribution in [2.45, 2.75) is 26.4 Å². The van der Waals surface area contributed by atoms with Crippen molar-refractivity contribution in [1.82, 2.24) is 4.90 Å². The average Bonchev–Trinajstić information content (AvgIpc) is 2.88. The Balaban J connectivity index is 2.36. The maximum atomic E-state index is 13.0. The van der Waals surface area contributed by atoms with E-state index >= 15 is 0 Å². The lowest BCUT2D eigenvalue weighted by atomic mass is 9.90. The number of nitrogens with zero attached hydrogens (tertiary/aromatic N) is 1. The Morgan fingerprint density at radius 3 is 2.36 bits per heavy atom. The summed E-state index contributed by atoms with van der Waals surface area (Å²) in [6.07, 6.45) is -4.48. The van der Waals surface area contributed by atoms with E-state index in [1.165, 1.54) is 11.8 Å². The van der Waals surface area contributed by atoms with Gasteiger partial charge in [-0.2, -0.15) is 13.2 Å². The Kier molecular flexibility index (Phi) is 4.79. The van der Waals surface area contributed by atoms with E-state index in [4.69, 9.17) is 0 Å². The van der Waals surface area contributed by atoms with Crippen molar-refractivity contribution in [1.29, 1.82) is 0 Å². The molecular formula is C16H17F3N2O4. The number of nitrogens with one attached hydrogen (secondary N) is 1. The van der Waals surface area contributed by atoms with E-state index in [-0.39, 0.29) is 30.8 Å². The van der Waals surface area contributed by atoms with E-state index in [0.717, 1.165) is 19.1 Å². The molecule has 1 fully saturated rings. The van der Waals surface area contributed by atoms with E-state index in [2.05, 4.69) is 5.32 Å². The Hall–Kier alpha value is -2.58. The van der Waals surface area contributed by atoms with E-state index in [0.29, 0.717) is 6.07 Å². The van der Waals surface area contributed by atoms with Gasteiger partial charge in [-0.15, -0.1) is 0 Å². The second kappa shape index (κ2) is 6.38. The molecule has 0 aliphatic carbocycles. The number of anilines is 1. The number of carboxylic acids is 1. The van der Waals surface area contributed by atoms with Gasteiger partial charge in [0.2, 0.25) is 5.91 Å². The molecule has 0 spiro atoms. The second-order valence-corrected chi connectivity index (χ2v) is 6.32. The monoisotopic (exact) mass is 358 g/mol. The first-order valence-electron chi connectivity index (χ1n) is 7.45. The Labute approximate surface area is 141 Å². The number of halogens is 3. The van der Waals surface area contributed by atoms with Gasteiger partial charge >= 0.3 is 12.1 Å². The molecule has 2 N–H and O–H groups in total. The zero-order valence-electron chi connectivity index (χ0n) is 13.6. The van der Waals surface area contributed by atoms with Crippen LogP contribution in [0.1, 0.15) is 36.2 Å². The molecule has 25 heavy (non-hydrogen) atoms. The standard InChI is InChI=1S/C16H17F3N2O4/c1-9(22)20-12-6-10(5-11(7-12)16(17,18)19)13(23)21-4-3-15(2,8-21)14(24)25/h5-7H,3-4,8H2,1-2H3,(H,20,22)(H,24,25). The second-order valence-electron chi connectivity index (χ2n) is 6.32. The van der Waals surface area contributed by atoms with Crippen LogP contribution >= 0.6 is 0 Å². The number of hydrogen-bond donors (Lipinski definition) is 2. The van der Waals surface area contributed by atoms with Crippen LogP contribution in [-0.2, 0) is 15.8 Å². The Bertz CT molecular complexity index is 733. The summed E-state index contributed by atoms with van der Waals surface area (Å²) in [7, 11) is 0. The summed E-state index contributed by atoms with van der Waals surface area (Å²) >= 11 is 0. The number of rotatable bonds is 3.